The highest BCUT2D eigenvalue weighted by Crippen LogP contribution is 2.29. The highest BCUT2D eigenvalue weighted by Gasteiger charge is 2.15. The van der Waals surface area contributed by atoms with Crippen molar-refractivity contribution in [1.82, 2.24) is 9.55 Å². The van der Waals surface area contributed by atoms with Crippen molar-refractivity contribution in [1.29, 1.82) is 0 Å². The number of hydrogen-bond donors (Lipinski definition) is 1. The van der Waals surface area contributed by atoms with Crippen LogP contribution in [0.2, 0.25) is 0 Å². The first-order valence-electron chi connectivity index (χ1n) is 5.57. The van der Waals surface area contributed by atoms with E-state index in [1.54, 1.807) is 10.6 Å². The van der Waals surface area contributed by atoms with Gasteiger partial charge in [0.2, 0.25) is 0 Å². The summed E-state index contributed by atoms with van der Waals surface area (Å²) in [6.07, 6.45) is 5.29. The van der Waals surface area contributed by atoms with Crippen LogP contribution in [0.1, 0.15) is 11.4 Å². The predicted octanol–water partition coefficient (Wildman–Crippen LogP) is 2.52. The Bertz CT molecular complexity index is 635. The lowest BCUT2D eigenvalue weighted by Gasteiger charge is -2.05. The average molecular weight is 243 g/mol. The third-order valence-corrected chi connectivity index (χ3v) is 2.90. The number of nitrogens with two attached hydrogens (primary N) is 1. The molecule has 2 aromatic rings. The van der Waals surface area contributed by atoms with Gasteiger partial charge < -0.3 is 10.3 Å². The topological polar surface area (TPSA) is 43.8 Å². The Morgan fingerprint density at radius 2 is 2.17 bits per heavy atom. The summed E-state index contributed by atoms with van der Waals surface area (Å²) in [6.45, 7) is 4.08. The number of nitrogens with zero attached hydrogens (tertiary/aromatic N) is 2. The van der Waals surface area contributed by atoms with Crippen LogP contribution in [-0.2, 0) is 6.54 Å². The van der Waals surface area contributed by atoms with Crippen LogP contribution >= 0.6 is 0 Å². The maximum atomic E-state index is 13.3. The first-order chi connectivity index (χ1) is 8.54. The molecule has 4 heteroatoms. The summed E-state index contributed by atoms with van der Waals surface area (Å²) in [5, 5.41) is 0. The van der Waals surface area contributed by atoms with E-state index in [0.717, 1.165) is 11.4 Å². The molecule has 0 radical (unpaired) electrons. The predicted molar refractivity (Wildman–Crippen MR) is 70.3 cm³/mol. The average Bonchev–Trinajstić information content (AvgIpc) is 2.61. The van der Waals surface area contributed by atoms with Gasteiger partial charge in [-0.2, -0.15) is 0 Å². The Morgan fingerprint density at radius 3 is 2.83 bits per heavy atom. The summed E-state index contributed by atoms with van der Waals surface area (Å²) in [5.74, 6) is 3.42. The zero-order valence-corrected chi connectivity index (χ0v) is 10.4. The highest BCUT2D eigenvalue weighted by atomic mass is 19.1. The van der Waals surface area contributed by atoms with E-state index in [4.69, 9.17) is 12.2 Å². The Morgan fingerprint density at radius 1 is 1.44 bits per heavy atom. The van der Waals surface area contributed by atoms with Gasteiger partial charge in [0.05, 0.1) is 6.54 Å². The van der Waals surface area contributed by atoms with Crippen LogP contribution in [0, 0.1) is 32.0 Å². The van der Waals surface area contributed by atoms with Gasteiger partial charge in [-0.25, -0.2) is 9.37 Å². The number of anilines is 1. The zero-order chi connectivity index (χ0) is 13.3. The first-order valence-corrected chi connectivity index (χ1v) is 5.57. The number of rotatable bonds is 2. The fraction of sp³-hybridized carbons (Fsp3) is 0.214. The normalized spacial score (nSPS) is 10.3. The maximum Gasteiger partial charge on any atom is 0.132 e. The van der Waals surface area contributed by atoms with Crippen LogP contribution in [-0.4, -0.2) is 9.55 Å². The Labute approximate surface area is 105 Å². The van der Waals surface area contributed by atoms with Gasteiger partial charge in [-0.3, -0.25) is 0 Å². The Hall–Kier alpha value is -2.28. The fourth-order valence-electron chi connectivity index (χ4n) is 1.92. The van der Waals surface area contributed by atoms with Crippen molar-refractivity contribution in [2.75, 3.05) is 5.73 Å². The number of nitrogen functional groups attached to an aromatic ring is 1. The molecule has 1 aromatic heterocycles. The molecule has 0 unspecified atom stereocenters. The van der Waals surface area contributed by atoms with E-state index in [1.165, 1.54) is 12.1 Å². The maximum absolute atomic E-state index is 13.3. The van der Waals surface area contributed by atoms with Gasteiger partial charge in [-0.15, -0.1) is 6.42 Å². The van der Waals surface area contributed by atoms with Crippen molar-refractivity contribution in [3.8, 4) is 23.6 Å². The standard InChI is InChI=1S/C14H14FN3/c1-4-7-18-10(3)17-13(14(18)16)12-8-11(15)6-5-9(12)2/h1,5-6,8H,7,16H2,2-3H3. The molecule has 0 saturated carbocycles. The SMILES string of the molecule is C#CCn1c(C)nc(-c2cc(F)ccc2C)c1N. The molecule has 2 rings (SSSR count). The van der Waals surface area contributed by atoms with Gasteiger partial charge in [-0.1, -0.05) is 12.0 Å². The smallest absolute Gasteiger partial charge is 0.132 e. The molecule has 0 fully saturated rings. The second-order valence-corrected chi connectivity index (χ2v) is 4.14. The zero-order valence-electron chi connectivity index (χ0n) is 10.4. The molecule has 18 heavy (non-hydrogen) atoms. The summed E-state index contributed by atoms with van der Waals surface area (Å²) in [6, 6.07) is 4.56. The van der Waals surface area contributed by atoms with Crippen LogP contribution in [0.15, 0.2) is 18.2 Å². The minimum Gasteiger partial charge on any atom is -0.383 e. The van der Waals surface area contributed by atoms with Crippen LogP contribution in [0.25, 0.3) is 11.3 Å². The first kappa shape index (κ1) is 12.2. The number of benzene rings is 1. The van der Waals surface area contributed by atoms with E-state index in [1.807, 2.05) is 13.8 Å². The summed E-state index contributed by atoms with van der Waals surface area (Å²) in [7, 11) is 0. The summed E-state index contributed by atoms with van der Waals surface area (Å²) in [5.41, 5.74) is 8.23. The van der Waals surface area contributed by atoms with Gasteiger partial charge in [-0.05, 0) is 31.5 Å². The molecule has 3 nitrogen and oxygen atoms in total. The van der Waals surface area contributed by atoms with Crippen LogP contribution in [0.4, 0.5) is 10.2 Å². The molecule has 1 aromatic carbocycles. The van der Waals surface area contributed by atoms with Crippen molar-refractivity contribution in [2.24, 2.45) is 0 Å². The molecule has 0 amide bonds. The number of imidazole rings is 1. The molecular formula is C14H14FN3. The van der Waals surface area contributed by atoms with Crippen molar-refractivity contribution in [3.63, 3.8) is 0 Å². The van der Waals surface area contributed by atoms with E-state index >= 15 is 0 Å². The molecule has 0 bridgehead atoms. The van der Waals surface area contributed by atoms with Crippen molar-refractivity contribution in [2.45, 2.75) is 20.4 Å². The molecule has 0 spiro atoms. The lowest BCUT2D eigenvalue weighted by Crippen LogP contribution is -2.03. The van der Waals surface area contributed by atoms with E-state index in [2.05, 4.69) is 10.9 Å². The third kappa shape index (κ3) is 1.95. The van der Waals surface area contributed by atoms with Gasteiger partial charge in [0, 0.05) is 5.56 Å². The molecule has 0 atom stereocenters. The molecule has 92 valence electrons. The number of aromatic nitrogens is 2. The van der Waals surface area contributed by atoms with Gasteiger partial charge in [0.15, 0.2) is 0 Å². The van der Waals surface area contributed by atoms with Crippen molar-refractivity contribution in [3.05, 3.63) is 35.4 Å². The van der Waals surface area contributed by atoms with Crippen LogP contribution < -0.4 is 5.73 Å². The molecule has 2 N–H and O–H groups in total. The van der Waals surface area contributed by atoms with E-state index in [9.17, 15) is 4.39 Å². The van der Waals surface area contributed by atoms with Crippen molar-refractivity contribution < 1.29 is 4.39 Å². The minimum atomic E-state index is -0.306. The lowest BCUT2D eigenvalue weighted by molar-refractivity contribution is 0.628. The highest BCUT2D eigenvalue weighted by molar-refractivity contribution is 5.73. The van der Waals surface area contributed by atoms with Gasteiger partial charge in [0.1, 0.15) is 23.2 Å². The Balaban J connectivity index is 2.62. The lowest BCUT2D eigenvalue weighted by atomic mass is 10.1. The fourth-order valence-corrected chi connectivity index (χ4v) is 1.92. The molecule has 1 heterocycles. The summed E-state index contributed by atoms with van der Waals surface area (Å²) < 4.78 is 15.0. The minimum absolute atomic E-state index is 0.306. The molecular weight excluding hydrogens is 229 g/mol. The number of terminal acetylenes is 1. The molecule has 0 aliphatic rings. The van der Waals surface area contributed by atoms with Crippen molar-refractivity contribution >= 4 is 5.82 Å². The Kier molecular flexibility index (Phi) is 3.07. The van der Waals surface area contributed by atoms with E-state index in [0.29, 0.717) is 23.6 Å². The molecule has 0 saturated heterocycles. The number of aryl methyl sites for hydroxylation is 2. The summed E-state index contributed by atoms with van der Waals surface area (Å²) >= 11 is 0. The second kappa shape index (κ2) is 4.53. The van der Waals surface area contributed by atoms with Gasteiger partial charge in [0.25, 0.3) is 0 Å². The molecule has 0 aliphatic carbocycles. The second-order valence-electron chi connectivity index (χ2n) is 4.14. The summed E-state index contributed by atoms with van der Waals surface area (Å²) in [4.78, 5) is 4.38. The largest absolute Gasteiger partial charge is 0.383 e. The van der Waals surface area contributed by atoms with Crippen LogP contribution in [0.5, 0.6) is 0 Å². The van der Waals surface area contributed by atoms with Gasteiger partial charge >= 0.3 is 0 Å². The van der Waals surface area contributed by atoms with E-state index < -0.39 is 0 Å². The monoisotopic (exact) mass is 243 g/mol. The quantitative estimate of drug-likeness (QED) is 0.824. The third-order valence-electron chi connectivity index (χ3n) is 2.90. The molecule has 0 aliphatic heterocycles. The van der Waals surface area contributed by atoms with E-state index in [-0.39, 0.29) is 5.82 Å². The number of halogens is 1. The number of hydrogen-bond acceptors (Lipinski definition) is 2. The van der Waals surface area contributed by atoms with Crippen LogP contribution in [0.3, 0.4) is 0 Å².